The molecule has 0 aliphatic heterocycles. The van der Waals surface area contributed by atoms with Crippen molar-refractivity contribution in [2.75, 3.05) is 6.54 Å². The third-order valence-electron chi connectivity index (χ3n) is 4.19. The van der Waals surface area contributed by atoms with Gasteiger partial charge in [0, 0.05) is 24.9 Å². The summed E-state index contributed by atoms with van der Waals surface area (Å²) in [6, 6.07) is 6.73. The van der Waals surface area contributed by atoms with Gasteiger partial charge in [0.15, 0.2) is 0 Å². The maximum Gasteiger partial charge on any atom is 0.0597 e. The van der Waals surface area contributed by atoms with Gasteiger partial charge in [0.05, 0.1) is 17.4 Å². The standard InChI is InChI=1S/C16H22N4/c1-4-17-16(14-10-11(2)19-20(14)3)13-8-7-12-6-5-9-18-15(12)13/h5-6,9-10,13,16-17H,4,7-8H2,1-3H3. The van der Waals surface area contributed by atoms with Gasteiger partial charge in [-0.25, -0.2) is 0 Å². The lowest BCUT2D eigenvalue weighted by atomic mass is 9.93. The van der Waals surface area contributed by atoms with E-state index in [0.29, 0.717) is 12.0 Å². The van der Waals surface area contributed by atoms with Crippen LogP contribution in [-0.2, 0) is 13.5 Å². The summed E-state index contributed by atoms with van der Waals surface area (Å²) in [6.07, 6.45) is 4.20. The Hall–Kier alpha value is -1.68. The summed E-state index contributed by atoms with van der Waals surface area (Å²) in [5.41, 5.74) is 4.99. The average molecular weight is 270 g/mol. The molecule has 1 N–H and O–H groups in total. The van der Waals surface area contributed by atoms with Crippen LogP contribution in [0.3, 0.4) is 0 Å². The van der Waals surface area contributed by atoms with Gasteiger partial charge in [-0.2, -0.15) is 5.10 Å². The molecule has 2 atom stereocenters. The van der Waals surface area contributed by atoms with Crippen molar-refractivity contribution < 1.29 is 0 Å². The van der Waals surface area contributed by atoms with E-state index in [1.807, 2.05) is 30.9 Å². The smallest absolute Gasteiger partial charge is 0.0597 e. The maximum atomic E-state index is 4.64. The lowest BCUT2D eigenvalue weighted by Gasteiger charge is -2.24. The molecule has 2 heterocycles. The Labute approximate surface area is 120 Å². The molecular formula is C16H22N4. The first-order valence-corrected chi connectivity index (χ1v) is 7.38. The van der Waals surface area contributed by atoms with E-state index < -0.39 is 0 Å². The predicted molar refractivity (Wildman–Crippen MR) is 79.7 cm³/mol. The van der Waals surface area contributed by atoms with Gasteiger partial charge in [-0.1, -0.05) is 13.0 Å². The van der Waals surface area contributed by atoms with Crippen LogP contribution in [0.1, 0.15) is 47.9 Å². The molecule has 0 saturated carbocycles. The summed E-state index contributed by atoms with van der Waals surface area (Å²) >= 11 is 0. The molecule has 2 unspecified atom stereocenters. The zero-order valence-corrected chi connectivity index (χ0v) is 12.4. The fourth-order valence-electron chi connectivity index (χ4n) is 3.36. The van der Waals surface area contributed by atoms with Crippen LogP contribution in [0.15, 0.2) is 24.4 Å². The van der Waals surface area contributed by atoms with Crippen LogP contribution in [0.4, 0.5) is 0 Å². The Kier molecular flexibility index (Phi) is 3.57. The molecule has 0 spiro atoms. The number of likely N-dealkylation sites (N-methyl/N-ethyl adjacent to an activating group) is 1. The molecule has 2 aromatic rings. The first-order valence-electron chi connectivity index (χ1n) is 7.38. The van der Waals surface area contributed by atoms with Crippen LogP contribution in [0, 0.1) is 6.92 Å². The van der Waals surface area contributed by atoms with E-state index in [1.54, 1.807) is 0 Å². The van der Waals surface area contributed by atoms with Crippen molar-refractivity contribution in [3.63, 3.8) is 0 Å². The number of nitrogens with zero attached hydrogens (tertiary/aromatic N) is 3. The summed E-state index contributed by atoms with van der Waals surface area (Å²) < 4.78 is 2.00. The van der Waals surface area contributed by atoms with Crippen LogP contribution < -0.4 is 5.32 Å². The molecule has 0 fully saturated rings. The molecule has 1 aliphatic carbocycles. The number of hydrogen-bond donors (Lipinski definition) is 1. The summed E-state index contributed by atoms with van der Waals surface area (Å²) in [7, 11) is 2.03. The Morgan fingerprint density at radius 3 is 3.05 bits per heavy atom. The van der Waals surface area contributed by atoms with Gasteiger partial charge >= 0.3 is 0 Å². The van der Waals surface area contributed by atoms with Gasteiger partial charge in [-0.05, 0) is 44.0 Å². The highest BCUT2D eigenvalue weighted by Crippen LogP contribution is 2.40. The van der Waals surface area contributed by atoms with E-state index in [2.05, 4.69) is 34.5 Å². The maximum absolute atomic E-state index is 4.64. The topological polar surface area (TPSA) is 42.7 Å². The Balaban J connectivity index is 1.98. The van der Waals surface area contributed by atoms with Crippen LogP contribution in [-0.4, -0.2) is 21.3 Å². The third-order valence-corrected chi connectivity index (χ3v) is 4.19. The van der Waals surface area contributed by atoms with Crippen molar-refractivity contribution >= 4 is 0 Å². The number of pyridine rings is 1. The Morgan fingerprint density at radius 2 is 2.35 bits per heavy atom. The zero-order chi connectivity index (χ0) is 14.1. The van der Waals surface area contributed by atoms with Crippen molar-refractivity contribution in [1.29, 1.82) is 0 Å². The van der Waals surface area contributed by atoms with Gasteiger partial charge in [0.25, 0.3) is 0 Å². The fourth-order valence-corrected chi connectivity index (χ4v) is 3.36. The first kappa shape index (κ1) is 13.3. The Bertz CT molecular complexity index is 602. The zero-order valence-electron chi connectivity index (χ0n) is 12.4. The van der Waals surface area contributed by atoms with Crippen LogP contribution in [0.2, 0.25) is 0 Å². The molecule has 0 saturated heterocycles. The molecule has 0 aromatic carbocycles. The van der Waals surface area contributed by atoms with E-state index in [9.17, 15) is 0 Å². The number of nitrogens with one attached hydrogen (secondary N) is 1. The van der Waals surface area contributed by atoms with Crippen LogP contribution in [0.25, 0.3) is 0 Å². The summed E-state index contributed by atoms with van der Waals surface area (Å²) in [6.45, 7) is 5.16. The molecule has 20 heavy (non-hydrogen) atoms. The van der Waals surface area contributed by atoms with Gasteiger partial charge in [-0.15, -0.1) is 0 Å². The van der Waals surface area contributed by atoms with E-state index >= 15 is 0 Å². The molecule has 4 heteroatoms. The molecule has 0 radical (unpaired) electrons. The minimum absolute atomic E-state index is 0.294. The molecule has 0 bridgehead atoms. The quantitative estimate of drug-likeness (QED) is 0.928. The van der Waals surface area contributed by atoms with E-state index in [1.165, 1.54) is 17.0 Å². The second-order valence-electron chi connectivity index (χ2n) is 5.56. The molecular weight excluding hydrogens is 248 g/mol. The van der Waals surface area contributed by atoms with Crippen LogP contribution in [0.5, 0.6) is 0 Å². The average Bonchev–Trinajstić information content (AvgIpc) is 3.00. The van der Waals surface area contributed by atoms with Crippen molar-refractivity contribution in [1.82, 2.24) is 20.1 Å². The number of aromatic nitrogens is 3. The van der Waals surface area contributed by atoms with E-state index in [4.69, 9.17) is 0 Å². The highest BCUT2D eigenvalue weighted by molar-refractivity contribution is 5.32. The monoisotopic (exact) mass is 270 g/mol. The number of rotatable bonds is 4. The number of fused-ring (bicyclic) bond motifs is 1. The Morgan fingerprint density at radius 1 is 1.50 bits per heavy atom. The minimum Gasteiger partial charge on any atom is -0.308 e. The van der Waals surface area contributed by atoms with E-state index in [-0.39, 0.29) is 0 Å². The summed E-state index contributed by atoms with van der Waals surface area (Å²) in [4.78, 5) is 4.64. The van der Waals surface area contributed by atoms with Crippen molar-refractivity contribution in [2.24, 2.45) is 7.05 Å². The molecule has 0 amide bonds. The first-order chi connectivity index (χ1) is 9.70. The largest absolute Gasteiger partial charge is 0.308 e. The van der Waals surface area contributed by atoms with Gasteiger partial charge < -0.3 is 5.32 Å². The van der Waals surface area contributed by atoms with Gasteiger partial charge in [0.1, 0.15) is 0 Å². The molecule has 3 rings (SSSR count). The molecule has 1 aliphatic rings. The molecule has 106 valence electrons. The normalized spacial score (nSPS) is 19.1. The second-order valence-corrected chi connectivity index (χ2v) is 5.56. The molecule has 4 nitrogen and oxygen atoms in total. The van der Waals surface area contributed by atoms with Crippen molar-refractivity contribution in [2.45, 2.75) is 38.6 Å². The summed E-state index contributed by atoms with van der Waals surface area (Å²) in [5, 5.41) is 8.13. The third kappa shape index (κ3) is 2.24. The number of hydrogen-bond acceptors (Lipinski definition) is 3. The summed E-state index contributed by atoms with van der Waals surface area (Å²) in [5.74, 6) is 0.445. The van der Waals surface area contributed by atoms with E-state index in [0.717, 1.165) is 25.1 Å². The van der Waals surface area contributed by atoms with Crippen LogP contribution >= 0.6 is 0 Å². The second kappa shape index (κ2) is 5.37. The highest BCUT2D eigenvalue weighted by atomic mass is 15.3. The minimum atomic E-state index is 0.294. The lowest BCUT2D eigenvalue weighted by molar-refractivity contribution is 0.422. The van der Waals surface area contributed by atoms with Crippen molar-refractivity contribution in [3.8, 4) is 0 Å². The fraction of sp³-hybridized carbons (Fsp3) is 0.500. The van der Waals surface area contributed by atoms with Gasteiger partial charge in [-0.3, -0.25) is 9.67 Å². The SMILES string of the molecule is CCNC(c1cc(C)nn1C)C1CCc2cccnc21. The molecule has 2 aromatic heterocycles. The highest BCUT2D eigenvalue weighted by Gasteiger charge is 2.33. The lowest BCUT2D eigenvalue weighted by Crippen LogP contribution is -2.28. The van der Waals surface area contributed by atoms with Crippen molar-refractivity contribution in [3.05, 3.63) is 47.0 Å². The number of aryl methyl sites for hydroxylation is 3. The predicted octanol–water partition coefficient (Wildman–Crippen LogP) is 2.50. The van der Waals surface area contributed by atoms with Gasteiger partial charge in [0.2, 0.25) is 0 Å².